The van der Waals surface area contributed by atoms with Gasteiger partial charge in [0.1, 0.15) is 24.1 Å². The van der Waals surface area contributed by atoms with E-state index in [-0.39, 0.29) is 18.7 Å². The molecule has 3 aromatic heterocycles. The fraction of sp³-hybridized carbons (Fsp3) is 0.250. The van der Waals surface area contributed by atoms with E-state index >= 15 is 0 Å². The highest BCUT2D eigenvalue weighted by molar-refractivity contribution is 6.30. The van der Waals surface area contributed by atoms with Gasteiger partial charge in [0.05, 0.1) is 18.3 Å². The summed E-state index contributed by atoms with van der Waals surface area (Å²) in [5.41, 5.74) is 4.29. The molecule has 1 fully saturated rings. The highest BCUT2D eigenvalue weighted by atomic mass is 35.5. The molecule has 1 saturated heterocycles. The Kier molecular flexibility index (Phi) is 6.85. The second kappa shape index (κ2) is 10.7. The quantitative estimate of drug-likeness (QED) is 0.286. The number of benzene rings is 2. The fourth-order valence-corrected chi connectivity index (χ4v) is 4.87. The van der Waals surface area contributed by atoms with Crippen molar-refractivity contribution in [3.05, 3.63) is 89.8 Å². The number of fused-ring (bicyclic) bond motifs is 1. The van der Waals surface area contributed by atoms with Crippen LogP contribution in [0, 0.1) is 0 Å². The molecule has 0 aliphatic carbocycles. The molecule has 10 heteroatoms. The zero-order valence-corrected chi connectivity index (χ0v) is 21.4. The summed E-state index contributed by atoms with van der Waals surface area (Å²) >= 11 is 6.22. The Morgan fingerprint density at radius 2 is 1.97 bits per heavy atom. The molecule has 4 heterocycles. The first kappa shape index (κ1) is 24.3. The van der Waals surface area contributed by atoms with Crippen LogP contribution in [-0.4, -0.2) is 42.3 Å². The molecule has 1 atom stereocenters. The van der Waals surface area contributed by atoms with Crippen molar-refractivity contribution in [1.82, 2.24) is 29.8 Å². The lowest BCUT2D eigenvalue weighted by atomic mass is 10.1. The van der Waals surface area contributed by atoms with Crippen LogP contribution in [0.2, 0.25) is 5.02 Å². The Morgan fingerprint density at radius 3 is 2.79 bits per heavy atom. The highest BCUT2D eigenvalue weighted by Crippen LogP contribution is 2.27. The Bertz CT molecular complexity index is 1560. The number of para-hydroxylation sites is 1. The molecule has 0 saturated carbocycles. The molecule has 0 radical (unpaired) electrons. The topological polar surface area (TPSA) is 91.0 Å². The van der Waals surface area contributed by atoms with E-state index in [9.17, 15) is 4.79 Å². The summed E-state index contributed by atoms with van der Waals surface area (Å²) in [6, 6.07) is 18.8. The molecule has 5 aromatic rings. The molecule has 1 amide bonds. The zero-order valence-electron chi connectivity index (χ0n) is 20.7. The SMILES string of the molecule is O=C(Cn1nnc2ccccc21)N(Cc1cccc(Cl)c1)c1ccc(-c2cnn(C3CCCCO3)c2)cn1. The molecule has 1 unspecified atom stereocenters. The number of hydrogen-bond acceptors (Lipinski definition) is 6. The molecule has 192 valence electrons. The van der Waals surface area contributed by atoms with Crippen LogP contribution in [0.5, 0.6) is 0 Å². The third-order valence-electron chi connectivity index (χ3n) is 6.65. The molecule has 6 rings (SSSR count). The maximum absolute atomic E-state index is 13.6. The van der Waals surface area contributed by atoms with Crippen molar-refractivity contribution >= 4 is 34.4 Å². The number of pyridine rings is 1. The van der Waals surface area contributed by atoms with Gasteiger partial charge in [0.2, 0.25) is 5.91 Å². The van der Waals surface area contributed by atoms with Gasteiger partial charge in [-0.15, -0.1) is 5.10 Å². The summed E-state index contributed by atoms with van der Waals surface area (Å²) in [5, 5.41) is 13.5. The number of halogens is 1. The van der Waals surface area contributed by atoms with Crippen molar-refractivity contribution in [2.24, 2.45) is 0 Å². The predicted octanol–water partition coefficient (Wildman–Crippen LogP) is 5.28. The lowest BCUT2D eigenvalue weighted by molar-refractivity contribution is -0.119. The van der Waals surface area contributed by atoms with Crippen LogP contribution >= 0.6 is 11.6 Å². The molecular weight excluding hydrogens is 502 g/mol. The highest BCUT2D eigenvalue weighted by Gasteiger charge is 2.21. The van der Waals surface area contributed by atoms with Crippen molar-refractivity contribution in [3.63, 3.8) is 0 Å². The molecule has 2 aromatic carbocycles. The number of carbonyl (C=O) groups excluding carboxylic acids is 1. The summed E-state index contributed by atoms with van der Waals surface area (Å²) < 4.78 is 9.33. The number of rotatable bonds is 7. The van der Waals surface area contributed by atoms with E-state index in [0.717, 1.165) is 53.6 Å². The number of nitrogens with zero attached hydrogens (tertiary/aromatic N) is 7. The monoisotopic (exact) mass is 527 g/mol. The molecule has 0 N–H and O–H groups in total. The van der Waals surface area contributed by atoms with Gasteiger partial charge in [0.25, 0.3) is 0 Å². The van der Waals surface area contributed by atoms with Crippen LogP contribution in [0.25, 0.3) is 22.2 Å². The van der Waals surface area contributed by atoms with E-state index < -0.39 is 0 Å². The van der Waals surface area contributed by atoms with Crippen LogP contribution in [0.3, 0.4) is 0 Å². The maximum Gasteiger partial charge on any atom is 0.250 e. The lowest BCUT2D eigenvalue weighted by Gasteiger charge is -2.23. The van der Waals surface area contributed by atoms with Crippen molar-refractivity contribution in [2.45, 2.75) is 38.6 Å². The Balaban J connectivity index is 1.26. The zero-order chi connectivity index (χ0) is 25.9. The summed E-state index contributed by atoms with van der Waals surface area (Å²) in [6.07, 6.45) is 8.73. The number of hydrogen-bond donors (Lipinski definition) is 0. The number of carbonyl (C=O) groups is 1. The molecule has 1 aliphatic heterocycles. The van der Waals surface area contributed by atoms with Gasteiger partial charge in [-0.25, -0.2) is 14.3 Å². The average Bonchev–Trinajstić information content (AvgIpc) is 3.61. The Labute approximate surface area is 224 Å². The van der Waals surface area contributed by atoms with Gasteiger partial charge in [-0.3, -0.25) is 9.69 Å². The number of ether oxygens (including phenoxy) is 1. The van der Waals surface area contributed by atoms with Gasteiger partial charge in [0, 0.05) is 35.2 Å². The smallest absolute Gasteiger partial charge is 0.250 e. The van der Waals surface area contributed by atoms with Crippen LogP contribution < -0.4 is 4.90 Å². The predicted molar refractivity (Wildman–Crippen MR) is 144 cm³/mol. The van der Waals surface area contributed by atoms with Crippen LogP contribution in [-0.2, 0) is 22.6 Å². The molecular formula is C28H26ClN7O2. The molecule has 0 bridgehead atoms. The van der Waals surface area contributed by atoms with Gasteiger partial charge in [-0.05, 0) is 61.2 Å². The second-order valence-corrected chi connectivity index (χ2v) is 9.72. The summed E-state index contributed by atoms with van der Waals surface area (Å²) in [6.45, 7) is 1.10. The number of aromatic nitrogens is 6. The van der Waals surface area contributed by atoms with E-state index in [1.165, 1.54) is 0 Å². The third kappa shape index (κ3) is 5.16. The standard InChI is InChI=1S/C28H26ClN7O2/c29-23-7-5-6-20(14-23)17-34(27(37)19-35-25-9-2-1-8-24(25)32-33-35)26-12-11-21(15-30-26)22-16-31-36(18-22)28-10-3-4-13-38-28/h1-2,5-9,11-12,14-16,18,28H,3-4,10,13,17,19H2. The Hall–Kier alpha value is -4.08. The second-order valence-electron chi connectivity index (χ2n) is 9.28. The molecule has 9 nitrogen and oxygen atoms in total. The van der Waals surface area contributed by atoms with E-state index in [4.69, 9.17) is 16.3 Å². The van der Waals surface area contributed by atoms with Gasteiger partial charge in [-0.2, -0.15) is 5.10 Å². The molecule has 38 heavy (non-hydrogen) atoms. The number of amides is 1. The summed E-state index contributed by atoms with van der Waals surface area (Å²) in [4.78, 5) is 19.9. The van der Waals surface area contributed by atoms with E-state index in [2.05, 4.69) is 20.4 Å². The van der Waals surface area contributed by atoms with E-state index in [1.807, 2.05) is 77.7 Å². The van der Waals surface area contributed by atoms with Crippen molar-refractivity contribution in [2.75, 3.05) is 11.5 Å². The van der Waals surface area contributed by atoms with Crippen LogP contribution in [0.4, 0.5) is 5.82 Å². The largest absolute Gasteiger partial charge is 0.357 e. The molecule has 0 spiro atoms. The van der Waals surface area contributed by atoms with Gasteiger partial charge in [0.15, 0.2) is 0 Å². The summed E-state index contributed by atoms with van der Waals surface area (Å²) in [5.74, 6) is 0.370. The van der Waals surface area contributed by atoms with Crippen LogP contribution in [0.15, 0.2) is 79.3 Å². The molecule has 1 aliphatic rings. The first-order chi connectivity index (χ1) is 18.6. The average molecular weight is 528 g/mol. The van der Waals surface area contributed by atoms with E-state index in [0.29, 0.717) is 17.4 Å². The normalized spacial score (nSPS) is 15.6. The summed E-state index contributed by atoms with van der Waals surface area (Å²) in [7, 11) is 0. The van der Waals surface area contributed by atoms with Gasteiger partial charge in [-0.1, -0.05) is 41.1 Å². The lowest BCUT2D eigenvalue weighted by Crippen LogP contribution is -2.34. The minimum absolute atomic E-state index is 0.0246. The first-order valence-electron chi connectivity index (χ1n) is 12.6. The van der Waals surface area contributed by atoms with E-state index in [1.54, 1.807) is 15.8 Å². The third-order valence-corrected chi connectivity index (χ3v) is 6.88. The van der Waals surface area contributed by atoms with Crippen LogP contribution in [0.1, 0.15) is 31.1 Å². The van der Waals surface area contributed by atoms with Gasteiger partial charge < -0.3 is 4.74 Å². The van der Waals surface area contributed by atoms with Gasteiger partial charge >= 0.3 is 0 Å². The maximum atomic E-state index is 13.6. The van der Waals surface area contributed by atoms with Crippen molar-refractivity contribution in [1.29, 1.82) is 0 Å². The Morgan fingerprint density at radius 1 is 1.05 bits per heavy atom. The fourth-order valence-electron chi connectivity index (χ4n) is 4.66. The van der Waals surface area contributed by atoms with Crippen molar-refractivity contribution < 1.29 is 9.53 Å². The number of anilines is 1. The first-order valence-corrected chi connectivity index (χ1v) is 13.0. The minimum Gasteiger partial charge on any atom is -0.357 e. The van der Waals surface area contributed by atoms with Crippen molar-refractivity contribution in [3.8, 4) is 11.1 Å². The minimum atomic E-state index is -0.164.